The van der Waals surface area contributed by atoms with Crippen LogP contribution in [0.5, 0.6) is 0 Å². The van der Waals surface area contributed by atoms with E-state index in [1.165, 1.54) is 0 Å². The molecule has 45 heavy (non-hydrogen) atoms. The molecule has 0 aliphatic heterocycles. The number of rotatable bonds is 15. The average Bonchev–Trinajstić information content (AvgIpc) is 2.85. The van der Waals surface area contributed by atoms with Gasteiger partial charge in [-0.3, -0.25) is 0 Å². The number of ether oxygens (including phenoxy) is 6. The molecule has 0 aliphatic carbocycles. The van der Waals surface area contributed by atoms with E-state index in [1.807, 2.05) is 0 Å². The minimum atomic E-state index is -0.577. The van der Waals surface area contributed by atoms with Gasteiger partial charge in [0.2, 0.25) is 0 Å². The Kier molecular flexibility index (Phi) is 18.5. The maximum Gasteiger partial charge on any atom is 0.407 e. The number of carbonyl (C=O) groups is 3. The molecule has 15 heteroatoms. The van der Waals surface area contributed by atoms with Crippen LogP contribution in [0.4, 0.5) is 14.4 Å². The van der Waals surface area contributed by atoms with Gasteiger partial charge in [-0.2, -0.15) is 0 Å². The van der Waals surface area contributed by atoms with Crippen molar-refractivity contribution in [3.8, 4) is 0 Å². The predicted octanol–water partition coefficient (Wildman–Crippen LogP) is 6.62. The maximum atomic E-state index is 11.9. The monoisotopic (exact) mass is 975 g/mol. The largest absolute Gasteiger partial charge is 0.444 e. The summed E-state index contributed by atoms with van der Waals surface area (Å²) in [6.07, 6.45) is -1.48. The highest BCUT2D eigenvalue weighted by Crippen LogP contribution is 2.33. The molecule has 12 nitrogen and oxygen atoms in total. The van der Waals surface area contributed by atoms with Gasteiger partial charge in [0, 0.05) is 47.0 Å². The number of benzene rings is 1. The zero-order valence-electron chi connectivity index (χ0n) is 27.7. The first-order valence-electron chi connectivity index (χ1n) is 14.5. The lowest BCUT2D eigenvalue weighted by atomic mass is 10.1. The number of alkyl carbamates (subject to hydrolysis) is 3. The number of hydrogen-bond acceptors (Lipinski definition) is 9. The normalized spacial score (nSPS) is 12.0. The van der Waals surface area contributed by atoms with Crippen molar-refractivity contribution in [2.24, 2.45) is 0 Å². The van der Waals surface area contributed by atoms with Gasteiger partial charge in [0.25, 0.3) is 0 Å². The summed E-state index contributed by atoms with van der Waals surface area (Å²) >= 11 is 6.90. The Morgan fingerprint density at radius 1 is 0.489 bits per heavy atom. The fraction of sp³-hybridized carbons (Fsp3) is 0.700. The summed E-state index contributed by atoms with van der Waals surface area (Å²) in [5.41, 5.74) is 1.20. The first-order valence-corrected chi connectivity index (χ1v) is 17.7. The van der Waals surface area contributed by atoms with Gasteiger partial charge in [-0.15, -0.1) is 0 Å². The quantitative estimate of drug-likeness (QED) is 0.100. The van der Waals surface area contributed by atoms with Crippen LogP contribution < -0.4 is 16.0 Å². The Balaban J connectivity index is 2.91. The Labute approximate surface area is 308 Å². The fourth-order valence-electron chi connectivity index (χ4n) is 3.36. The molecule has 1 aromatic rings. The number of carbonyl (C=O) groups excluding carboxylic acids is 3. The van der Waals surface area contributed by atoms with Crippen LogP contribution in [0, 0.1) is 10.7 Å². The number of hydrogen-bond donors (Lipinski definition) is 3. The van der Waals surface area contributed by atoms with Gasteiger partial charge in [0.05, 0.1) is 39.6 Å². The van der Waals surface area contributed by atoms with Crippen LogP contribution in [0.25, 0.3) is 0 Å². The van der Waals surface area contributed by atoms with Gasteiger partial charge < -0.3 is 44.4 Å². The molecule has 0 unspecified atom stereocenters. The van der Waals surface area contributed by atoms with E-state index in [2.05, 4.69) is 83.7 Å². The molecule has 0 aromatic heterocycles. The van der Waals surface area contributed by atoms with Crippen LogP contribution in [-0.2, 0) is 48.2 Å². The van der Waals surface area contributed by atoms with Crippen molar-refractivity contribution >= 4 is 86.1 Å². The molecule has 258 valence electrons. The SMILES string of the molecule is CC(C)(C)OC(=O)NCCOCc1c(I)c(COCCNC(=O)OC(C)(C)C)c(I)c(COCCNC(=O)OC(C)(C)C)c1I. The average molecular weight is 975 g/mol. The highest BCUT2D eigenvalue weighted by molar-refractivity contribution is 14.1. The second kappa shape index (κ2) is 19.8. The molecule has 0 bridgehead atoms. The van der Waals surface area contributed by atoms with Gasteiger partial charge in [0.1, 0.15) is 16.8 Å². The predicted molar refractivity (Wildman–Crippen MR) is 196 cm³/mol. The van der Waals surface area contributed by atoms with Gasteiger partial charge in [-0.25, -0.2) is 14.4 Å². The van der Waals surface area contributed by atoms with E-state index in [0.717, 1.165) is 27.4 Å². The smallest absolute Gasteiger partial charge is 0.407 e. The third-order valence-electron chi connectivity index (χ3n) is 5.07. The molecule has 0 atom stereocenters. The van der Waals surface area contributed by atoms with Crippen LogP contribution in [0.1, 0.15) is 79.0 Å². The zero-order valence-corrected chi connectivity index (χ0v) is 34.1. The maximum absolute atomic E-state index is 11.9. The Bertz CT molecular complexity index is 972. The Morgan fingerprint density at radius 3 is 0.911 bits per heavy atom. The minimum absolute atomic E-state index is 0.293. The molecular weight excluding hydrogens is 927 g/mol. The summed E-state index contributed by atoms with van der Waals surface area (Å²) in [5, 5.41) is 8.09. The summed E-state index contributed by atoms with van der Waals surface area (Å²) in [5.74, 6) is 0. The van der Waals surface area contributed by atoms with Crippen LogP contribution in [0.15, 0.2) is 0 Å². The lowest BCUT2D eigenvalue weighted by Gasteiger charge is -2.21. The van der Waals surface area contributed by atoms with Crippen LogP contribution in [0.3, 0.4) is 0 Å². The van der Waals surface area contributed by atoms with Crippen molar-refractivity contribution in [3.63, 3.8) is 0 Å². The first-order chi connectivity index (χ1) is 20.7. The second-order valence-electron chi connectivity index (χ2n) is 12.8. The van der Waals surface area contributed by atoms with Gasteiger partial charge in [-0.05, 0) is 130 Å². The van der Waals surface area contributed by atoms with E-state index in [9.17, 15) is 14.4 Å². The fourth-order valence-corrected chi connectivity index (χ4v) is 7.46. The van der Waals surface area contributed by atoms with Crippen molar-refractivity contribution in [2.45, 2.75) is 98.9 Å². The van der Waals surface area contributed by atoms with E-state index < -0.39 is 35.1 Å². The van der Waals surface area contributed by atoms with Crippen molar-refractivity contribution in [2.75, 3.05) is 39.5 Å². The zero-order chi connectivity index (χ0) is 34.4. The van der Waals surface area contributed by atoms with Crippen molar-refractivity contribution < 1.29 is 42.8 Å². The molecule has 0 saturated carbocycles. The van der Waals surface area contributed by atoms with Gasteiger partial charge in [-0.1, -0.05) is 0 Å². The second-order valence-corrected chi connectivity index (χ2v) is 16.1. The van der Waals surface area contributed by atoms with E-state index >= 15 is 0 Å². The standard InChI is InChI=1S/C30H48I3N3O9/c1-28(2,3)43-25(37)34-10-13-40-16-19-22(31)20(17-41-14-11-35-26(38)44-29(4,5)6)24(33)21(23(19)32)18-42-15-12-36-27(39)45-30(7,8)9/h10-18H2,1-9H3,(H,34,37)(H,35,38)(H,36,39). The highest BCUT2D eigenvalue weighted by Gasteiger charge is 2.22. The molecule has 1 rings (SSSR count). The van der Waals surface area contributed by atoms with E-state index in [-0.39, 0.29) is 0 Å². The molecule has 1 aromatic carbocycles. The number of nitrogens with one attached hydrogen (secondary N) is 3. The molecule has 0 heterocycles. The lowest BCUT2D eigenvalue weighted by Crippen LogP contribution is -2.34. The summed E-state index contributed by atoms with van der Waals surface area (Å²) in [6.45, 7) is 19.0. The molecule has 0 fully saturated rings. The topological polar surface area (TPSA) is 143 Å². The number of amides is 3. The van der Waals surface area contributed by atoms with E-state index in [0.29, 0.717) is 59.3 Å². The first kappa shape index (κ1) is 42.1. The third-order valence-corrected chi connectivity index (χ3v) is 8.98. The van der Waals surface area contributed by atoms with Crippen LogP contribution in [0.2, 0.25) is 0 Å². The molecule has 0 saturated heterocycles. The Morgan fingerprint density at radius 2 is 0.711 bits per heavy atom. The molecule has 0 aliphatic rings. The summed E-state index contributed by atoms with van der Waals surface area (Å²) in [4.78, 5) is 35.8. The lowest BCUT2D eigenvalue weighted by molar-refractivity contribution is 0.0485. The van der Waals surface area contributed by atoms with Gasteiger partial charge in [0.15, 0.2) is 0 Å². The van der Waals surface area contributed by atoms with Crippen molar-refractivity contribution in [1.82, 2.24) is 16.0 Å². The summed E-state index contributed by atoms with van der Waals surface area (Å²) in [7, 11) is 0. The summed E-state index contributed by atoms with van der Waals surface area (Å²) in [6, 6.07) is 0. The van der Waals surface area contributed by atoms with E-state index in [1.54, 1.807) is 62.3 Å². The molecule has 0 spiro atoms. The molecule has 0 radical (unpaired) electrons. The Hall–Kier alpha value is -0.900. The van der Waals surface area contributed by atoms with E-state index in [4.69, 9.17) is 28.4 Å². The minimum Gasteiger partial charge on any atom is -0.444 e. The molecule has 3 N–H and O–H groups in total. The third kappa shape index (κ3) is 18.9. The van der Waals surface area contributed by atoms with Crippen LogP contribution in [-0.4, -0.2) is 74.5 Å². The summed E-state index contributed by atoms with van der Waals surface area (Å²) < 4.78 is 36.6. The van der Waals surface area contributed by atoms with Crippen LogP contribution >= 0.6 is 67.8 Å². The van der Waals surface area contributed by atoms with Crippen molar-refractivity contribution in [3.05, 3.63) is 27.4 Å². The van der Waals surface area contributed by atoms with Gasteiger partial charge >= 0.3 is 18.3 Å². The molecule has 3 amide bonds. The molecular formula is C30H48I3N3O9. The van der Waals surface area contributed by atoms with Crippen molar-refractivity contribution in [1.29, 1.82) is 0 Å². The number of halogens is 3. The highest BCUT2D eigenvalue weighted by atomic mass is 127.